The fraction of sp³-hybridized carbons (Fsp3) is 0.323. The Hall–Kier alpha value is -3.77. The standard InChI is InChI=1S/C31H35N3O3/c1-22-19-32(16-17-33(22)25-10-12-26(36-3)13-11-25)21-30(35)31-23(2)34(20-24-8-6-5-7-9-24)29-15-14-27(37-4)18-28(29)31/h5-15,18,22H,16-17,19-21H2,1-4H3/p+1/t22-/m0/s1. The summed E-state index contributed by atoms with van der Waals surface area (Å²) in [6, 6.07) is 25.0. The van der Waals surface area contributed by atoms with Crippen molar-refractivity contribution in [2.75, 3.05) is 45.3 Å². The molecule has 3 aromatic carbocycles. The van der Waals surface area contributed by atoms with Crippen molar-refractivity contribution in [3.05, 3.63) is 89.6 Å². The number of rotatable bonds is 8. The number of ketones is 1. The average Bonchev–Trinajstić information content (AvgIpc) is 3.19. The van der Waals surface area contributed by atoms with E-state index in [1.165, 1.54) is 16.2 Å². The van der Waals surface area contributed by atoms with Crippen molar-refractivity contribution < 1.29 is 19.2 Å². The summed E-state index contributed by atoms with van der Waals surface area (Å²) in [5, 5.41) is 0.974. The number of Topliss-reactive ketones (excluding diaryl/α,β-unsaturated/α-hetero) is 1. The van der Waals surface area contributed by atoms with Crippen LogP contribution in [0.15, 0.2) is 72.8 Å². The molecule has 6 nitrogen and oxygen atoms in total. The molecule has 1 N–H and O–H groups in total. The van der Waals surface area contributed by atoms with Gasteiger partial charge < -0.3 is 23.8 Å². The summed E-state index contributed by atoms with van der Waals surface area (Å²) >= 11 is 0. The Bertz CT molecular complexity index is 1380. The molecule has 1 aliphatic rings. The molecule has 0 radical (unpaired) electrons. The Morgan fingerprint density at radius 3 is 2.35 bits per heavy atom. The fourth-order valence-corrected chi connectivity index (χ4v) is 5.67. The van der Waals surface area contributed by atoms with Gasteiger partial charge in [0, 0.05) is 28.8 Å². The van der Waals surface area contributed by atoms with Crippen molar-refractivity contribution in [1.29, 1.82) is 0 Å². The van der Waals surface area contributed by atoms with Crippen LogP contribution < -0.4 is 19.3 Å². The maximum atomic E-state index is 13.8. The van der Waals surface area contributed by atoms with Crippen molar-refractivity contribution in [2.24, 2.45) is 0 Å². The Labute approximate surface area is 219 Å². The summed E-state index contributed by atoms with van der Waals surface area (Å²) in [7, 11) is 3.36. The van der Waals surface area contributed by atoms with Crippen LogP contribution in [0.5, 0.6) is 11.5 Å². The number of hydrogen-bond acceptors (Lipinski definition) is 4. The summed E-state index contributed by atoms with van der Waals surface area (Å²) in [6.45, 7) is 8.29. The minimum atomic E-state index is 0.197. The summed E-state index contributed by atoms with van der Waals surface area (Å²) in [4.78, 5) is 17.6. The van der Waals surface area contributed by atoms with Gasteiger partial charge >= 0.3 is 0 Å². The number of nitrogens with one attached hydrogen (secondary N) is 1. The number of piperazine rings is 1. The first-order valence-corrected chi connectivity index (χ1v) is 13.0. The summed E-state index contributed by atoms with van der Waals surface area (Å²) in [5.41, 5.74) is 5.32. The van der Waals surface area contributed by atoms with Gasteiger partial charge in [0.05, 0.1) is 45.5 Å². The molecule has 1 fully saturated rings. The zero-order chi connectivity index (χ0) is 25.9. The molecule has 37 heavy (non-hydrogen) atoms. The second-order valence-electron chi connectivity index (χ2n) is 9.96. The lowest BCUT2D eigenvalue weighted by Gasteiger charge is -2.38. The lowest BCUT2D eigenvalue weighted by Crippen LogP contribution is -3.16. The molecule has 192 valence electrons. The first-order chi connectivity index (χ1) is 18.0. The van der Waals surface area contributed by atoms with Crippen LogP contribution in [0.3, 0.4) is 0 Å². The minimum absolute atomic E-state index is 0.197. The van der Waals surface area contributed by atoms with Gasteiger partial charge in [-0.25, -0.2) is 0 Å². The third kappa shape index (κ3) is 5.07. The Morgan fingerprint density at radius 2 is 1.68 bits per heavy atom. The normalized spacial score (nSPS) is 17.7. The van der Waals surface area contributed by atoms with E-state index in [4.69, 9.17) is 9.47 Å². The topological polar surface area (TPSA) is 48.1 Å². The summed E-state index contributed by atoms with van der Waals surface area (Å²) < 4.78 is 13.1. The molecule has 4 aromatic rings. The molecule has 1 unspecified atom stereocenters. The average molecular weight is 499 g/mol. The zero-order valence-electron chi connectivity index (χ0n) is 22.2. The number of carbonyl (C=O) groups excluding carboxylic acids is 1. The van der Waals surface area contributed by atoms with Gasteiger partial charge in [-0.15, -0.1) is 0 Å². The molecular weight excluding hydrogens is 462 g/mol. The Balaban J connectivity index is 1.37. The van der Waals surface area contributed by atoms with Crippen LogP contribution in [0.25, 0.3) is 10.9 Å². The molecular formula is C31H36N3O3+. The van der Waals surface area contributed by atoms with Crippen LogP contribution in [0.1, 0.15) is 28.5 Å². The van der Waals surface area contributed by atoms with Crippen molar-refractivity contribution >= 4 is 22.4 Å². The lowest BCUT2D eigenvalue weighted by molar-refractivity contribution is -0.894. The highest BCUT2D eigenvalue weighted by molar-refractivity contribution is 6.10. The SMILES string of the molecule is COc1ccc(N2CC[NH+](CC(=O)c3c(C)n(Cc4ccccc4)c4ccc(OC)cc34)C[C@@H]2C)cc1. The third-order valence-corrected chi connectivity index (χ3v) is 7.63. The number of ether oxygens (including phenoxy) is 2. The van der Waals surface area contributed by atoms with Crippen LogP contribution in [-0.2, 0) is 6.54 Å². The van der Waals surface area contributed by atoms with Gasteiger partial charge in [0.15, 0.2) is 0 Å². The van der Waals surface area contributed by atoms with E-state index in [1.54, 1.807) is 14.2 Å². The predicted molar refractivity (Wildman–Crippen MR) is 148 cm³/mol. The van der Waals surface area contributed by atoms with E-state index in [0.717, 1.165) is 59.8 Å². The first kappa shape index (κ1) is 24.9. The van der Waals surface area contributed by atoms with Crippen LogP contribution >= 0.6 is 0 Å². The van der Waals surface area contributed by atoms with E-state index in [1.807, 2.05) is 30.3 Å². The number of quaternary nitrogens is 1. The highest BCUT2D eigenvalue weighted by Crippen LogP contribution is 2.30. The molecule has 6 heteroatoms. The fourth-order valence-electron chi connectivity index (χ4n) is 5.67. The molecule has 0 spiro atoms. The van der Waals surface area contributed by atoms with Crippen molar-refractivity contribution in [3.63, 3.8) is 0 Å². The lowest BCUT2D eigenvalue weighted by atomic mass is 10.0. The predicted octanol–water partition coefficient (Wildman–Crippen LogP) is 3.99. The maximum absolute atomic E-state index is 13.8. The van der Waals surface area contributed by atoms with Crippen molar-refractivity contribution in [3.8, 4) is 11.5 Å². The maximum Gasteiger partial charge on any atom is 0.219 e. The number of hydrogen-bond donors (Lipinski definition) is 1. The second kappa shape index (κ2) is 10.7. The van der Waals surface area contributed by atoms with E-state index in [9.17, 15) is 4.79 Å². The van der Waals surface area contributed by atoms with E-state index >= 15 is 0 Å². The summed E-state index contributed by atoms with van der Waals surface area (Å²) in [5.74, 6) is 1.83. The molecule has 1 saturated heterocycles. The Morgan fingerprint density at radius 1 is 0.973 bits per heavy atom. The Kier molecular flexibility index (Phi) is 7.19. The smallest absolute Gasteiger partial charge is 0.219 e. The molecule has 0 bridgehead atoms. The number of fused-ring (bicyclic) bond motifs is 1. The molecule has 0 amide bonds. The summed E-state index contributed by atoms with van der Waals surface area (Å²) in [6.07, 6.45) is 0. The largest absolute Gasteiger partial charge is 0.497 e. The number of methoxy groups -OCH3 is 2. The second-order valence-corrected chi connectivity index (χ2v) is 9.96. The minimum Gasteiger partial charge on any atom is -0.497 e. The van der Waals surface area contributed by atoms with Gasteiger partial charge in [-0.1, -0.05) is 30.3 Å². The third-order valence-electron chi connectivity index (χ3n) is 7.63. The van der Waals surface area contributed by atoms with Crippen LogP contribution in [0, 0.1) is 6.92 Å². The van der Waals surface area contributed by atoms with Gasteiger partial charge in [0.2, 0.25) is 5.78 Å². The van der Waals surface area contributed by atoms with Crippen LogP contribution in [0.2, 0.25) is 0 Å². The first-order valence-electron chi connectivity index (χ1n) is 13.0. The zero-order valence-corrected chi connectivity index (χ0v) is 22.2. The number of carbonyl (C=O) groups is 1. The molecule has 1 aromatic heterocycles. The van der Waals surface area contributed by atoms with Gasteiger partial charge in [-0.05, 0) is 61.9 Å². The molecule has 0 aliphatic carbocycles. The molecule has 5 rings (SSSR count). The number of nitrogens with zero attached hydrogens (tertiary/aromatic N) is 2. The molecule has 1 aliphatic heterocycles. The van der Waals surface area contributed by atoms with Gasteiger partial charge in [0.1, 0.15) is 18.0 Å². The van der Waals surface area contributed by atoms with E-state index in [2.05, 4.69) is 65.8 Å². The number of benzene rings is 3. The monoisotopic (exact) mass is 498 g/mol. The van der Waals surface area contributed by atoms with Gasteiger partial charge in [-0.2, -0.15) is 0 Å². The van der Waals surface area contributed by atoms with Crippen LogP contribution in [-0.4, -0.2) is 56.8 Å². The van der Waals surface area contributed by atoms with E-state index in [0.29, 0.717) is 12.6 Å². The molecule has 0 saturated carbocycles. The van der Waals surface area contributed by atoms with Crippen molar-refractivity contribution in [1.82, 2.24) is 4.57 Å². The highest BCUT2D eigenvalue weighted by Gasteiger charge is 2.30. The van der Waals surface area contributed by atoms with Gasteiger partial charge in [-0.3, -0.25) is 4.79 Å². The number of aromatic nitrogens is 1. The highest BCUT2D eigenvalue weighted by atomic mass is 16.5. The quantitative estimate of drug-likeness (QED) is 0.373. The van der Waals surface area contributed by atoms with Gasteiger partial charge in [0.25, 0.3) is 0 Å². The van der Waals surface area contributed by atoms with Crippen molar-refractivity contribution in [2.45, 2.75) is 26.4 Å². The van der Waals surface area contributed by atoms with E-state index < -0.39 is 0 Å². The van der Waals surface area contributed by atoms with E-state index in [-0.39, 0.29) is 5.78 Å². The molecule has 2 atom stereocenters. The molecule has 2 heterocycles. The number of anilines is 1. The van der Waals surface area contributed by atoms with Crippen LogP contribution in [0.4, 0.5) is 5.69 Å².